The highest BCUT2D eigenvalue weighted by atomic mass is 15.1. The summed E-state index contributed by atoms with van der Waals surface area (Å²) < 4.78 is 0. The van der Waals surface area contributed by atoms with Crippen molar-refractivity contribution < 1.29 is 0 Å². The van der Waals surface area contributed by atoms with Gasteiger partial charge in [-0.3, -0.25) is 0 Å². The summed E-state index contributed by atoms with van der Waals surface area (Å²) in [6.45, 7) is 9.25. The first-order chi connectivity index (χ1) is 8.24. The van der Waals surface area contributed by atoms with E-state index in [0.717, 1.165) is 31.6 Å². The van der Waals surface area contributed by atoms with E-state index in [1.54, 1.807) is 0 Å². The molecule has 0 amide bonds. The highest BCUT2D eigenvalue weighted by Gasteiger charge is 2.13. The zero-order chi connectivity index (χ0) is 12.7. The predicted octanol–water partition coefficient (Wildman–Crippen LogP) is 3.20. The maximum absolute atomic E-state index is 9.27. The highest BCUT2D eigenvalue weighted by Crippen LogP contribution is 2.17. The van der Waals surface area contributed by atoms with Crippen LogP contribution in [0.2, 0.25) is 0 Å². The summed E-state index contributed by atoms with van der Waals surface area (Å²) in [4.78, 5) is 2.29. The van der Waals surface area contributed by atoms with Crippen LogP contribution < -0.4 is 0 Å². The molecule has 0 saturated heterocycles. The Morgan fingerprint density at radius 3 is 2.12 bits per heavy atom. The number of hydrogen-bond donors (Lipinski definition) is 0. The fourth-order valence-corrected chi connectivity index (χ4v) is 1.95. The summed E-state index contributed by atoms with van der Waals surface area (Å²) in [5, 5.41) is 9.27. The first-order valence-electron chi connectivity index (χ1n) is 6.45. The zero-order valence-corrected chi connectivity index (χ0v) is 11.1. The van der Waals surface area contributed by atoms with Crippen molar-refractivity contribution in [3.63, 3.8) is 0 Å². The van der Waals surface area contributed by atoms with Crippen LogP contribution in [0, 0.1) is 11.3 Å². The molecule has 1 atom stereocenters. The molecule has 0 N–H and O–H groups in total. The second-order valence-corrected chi connectivity index (χ2v) is 4.26. The van der Waals surface area contributed by atoms with Gasteiger partial charge in [-0.25, -0.2) is 0 Å². The molecule has 2 nitrogen and oxygen atoms in total. The van der Waals surface area contributed by atoms with Crippen molar-refractivity contribution in [2.24, 2.45) is 0 Å². The number of likely N-dealkylation sites (N-methyl/N-ethyl adjacent to an activating group) is 1. The van der Waals surface area contributed by atoms with Crippen molar-refractivity contribution >= 4 is 0 Å². The van der Waals surface area contributed by atoms with Crippen molar-refractivity contribution in [3.05, 3.63) is 35.4 Å². The molecule has 1 rings (SSSR count). The van der Waals surface area contributed by atoms with Crippen LogP contribution in [0.25, 0.3) is 0 Å². The van der Waals surface area contributed by atoms with Crippen molar-refractivity contribution in [2.45, 2.75) is 33.1 Å². The monoisotopic (exact) mass is 230 g/mol. The number of benzene rings is 1. The second-order valence-electron chi connectivity index (χ2n) is 4.26. The molecule has 92 valence electrons. The summed E-state index contributed by atoms with van der Waals surface area (Å²) in [5.74, 6) is -0.0131. The third-order valence-corrected chi connectivity index (χ3v) is 3.28. The standard InChI is InChI=1S/C15H22N2/c1-4-13-7-9-14(10-8-13)15(11-16)12-17(5-2)6-3/h7-10,15H,4-6,12H2,1-3H3. The van der Waals surface area contributed by atoms with Gasteiger partial charge in [0, 0.05) is 6.54 Å². The first-order valence-corrected chi connectivity index (χ1v) is 6.45. The Labute approximate surface area is 105 Å². The summed E-state index contributed by atoms with van der Waals surface area (Å²) >= 11 is 0. The number of nitrogens with zero attached hydrogens (tertiary/aromatic N) is 2. The van der Waals surface area contributed by atoms with Gasteiger partial charge in [0.1, 0.15) is 0 Å². The van der Waals surface area contributed by atoms with Gasteiger partial charge in [0.15, 0.2) is 0 Å². The van der Waals surface area contributed by atoms with Crippen LogP contribution >= 0.6 is 0 Å². The average Bonchev–Trinajstić information content (AvgIpc) is 2.40. The molecule has 17 heavy (non-hydrogen) atoms. The molecule has 0 fully saturated rings. The molecule has 0 saturated carbocycles. The van der Waals surface area contributed by atoms with Gasteiger partial charge in [-0.05, 0) is 30.6 Å². The first kappa shape index (κ1) is 13.7. The quantitative estimate of drug-likeness (QED) is 0.750. The number of rotatable bonds is 6. The lowest BCUT2D eigenvalue weighted by Gasteiger charge is -2.21. The largest absolute Gasteiger partial charge is 0.302 e. The van der Waals surface area contributed by atoms with Gasteiger partial charge in [0.25, 0.3) is 0 Å². The molecule has 1 unspecified atom stereocenters. The molecule has 0 radical (unpaired) electrons. The number of aryl methyl sites for hydroxylation is 1. The number of hydrogen-bond acceptors (Lipinski definition) is 2. The second kappa shape index (κ2) is 7.09. The van der Waals surface area contributed by atoms with Gasteiger partial charge in [0.2, 0.25) is 0 Å². The van der Waals surface area contributed by atoms with Gasteiger partial charge in [-0.2, -0.15) is 5.26 Å². The molecule has 0 aliphatic rings. The van der Waals surface area contributed by atoms with Crippen molar-refractivity contribution in [1.82, 2.24) is 4.90 Å². The van der Waals surface area contributed by atoms with E-state index in [0.29, 0.717) is 0 Å². The lowest BCUT2D eigenvalue weighted by Crippen LogP contribution is -2.27. The Morgan fingerprint density at radius 1 is 1.12 bits per heavy atom. The minimum absolute atomic E-state index is 0.0131. The van der Waals surface area contributed by atoms with E-state index in [1.165, 1.54) is 5.56 Å². The fourth-order valence-electron chi connectivity index (χ4n) is 1.95. The molecular weight excluding hydrogens is 208 g/mol. The summed E-state index contributed by atoms with van der Waals surface area (Å²) in [6.07, 6.45) is 1.05. The Balaban J connectivity index is 2.76. The van der Waals surface area contributed by atoms with Crippen LogP contribution in [0.15, 0.2) is 24.3 Å². The van der Waals surface area contributed by atoms with Gasteiger partial charge in [-0.1, -0.05) is 45.0 Å². The van der Waals surface area contributed by atoms with Crippen molar-refractivity contribution in [3.8, 4) is 6.07 Å². The molecule has 0 bridgehead atoms. The Morgan fingerprint density at radius 2 is 1.71 bits per heavy atom. The van der Waals surface area contributed by atoms with Crippen LogP contribution in [0.4, 0.5) is 0 Å². The third kappa shape index (κ3) is 3.87. The van der Waals surface area contributed by atoms with Gasteiger partial charge < -0.3 is 4.90 Å². The minimum Gasteiger partial charge on any atom is -0.302 e. The Bertz CT molecular complexity index is 358. The lowest BCUT2D eigenvalue weighted by atomic mass is 9.98. The maximum atomic E-state index is 9.27. The van der Waals surface area contributed by atoms with E-state index in [1.807, 2.05) is 0 Å². The molecule has 0 aliphatic carbocycles. The van der Waals surface area contributed by atoms with Gasteiger partial charge >= 0.3 is 0 Å². The van der Waals surface area contributed by atoms with Gasteiger partial charge in [-0.15, -0.1) is 0 Å². The smallest absolute Gasteiger partial charge is 0.0839 e. The molecule has 1 aromatic carbocycles. The van der Waals surface area contributed by atoms with Crippen LogP contribution in [-0.4, -0.2) is 24.5 Å². The van der Waals surface area contributed by atoms with E-state index >= 15 is 0 Å². The predicted molar refractivity (Wildman–Crippen MR) is 72.0 cm³/mol. The Hall–Kier alpha value is -1.33. The lowest BCUT2D eigenvalue weighted by molar-refractivity contribution is 0.298. The van der Waals surface area contributed by atoms with Crippen LogP contribution in [-0.2, 0) is 6.42 Å². The molecule has 0 aliphatic heterocycles. The maximum Gasteiger partial charge on any atom is 0.0839 e. The normalized spacial score (nSPS) is 12.4. The van der Waals surface area contributed by atoms with Crippen LogP contribution in [0.5, 0.6) is 0 Å². The Kier molecular flexibility index (Phi) is 5.72. The summed E-state index contributed by atoms with van der Waals surface area (Å²) in [6, 6.07) is 10.9. The minimum atomic E-state index is -0.0131. The van der Waals surface area contributed by atoms with E-state index in [-0.39, 0.29) is 5.92 Å². The van der Waals surface area contributed by atoms with Crippen molar-refractivity contribution in [2.75, 3.05) is 19.6 Å². The molecule has 0 heterocycles. The van der Waals surface area contributed by atoms with E-state index < -0.39 is 0 Å². The fraction of sp³-hybridized carbons (Fsp3) is 0.533. The molecule has 0 aromatic heterocycles. The highest BCUT2D eigenvalue weighted by molar-refractivity contribution is 5.29. The van der Waals surface area contributed by atoms with E-state index in [2.05, 4.69) is 56.0 Å². The van der Waals surface area contributed by atoms with Crippen LogP contribution in [0.1, 0.15) is 37.8 Å². The van der Waals surface area contributed by atoms with E-state index in [9.17, 15) is 5.26 Å². The summed E-state index contributed by atoms with van der Waals surface area (Å²) in [7, 11) is 0. The zero-order valence-electron chi connectivity index (χ0n) is 11.1. The third-order valence-electron chi connectivity index (χ3n) is 3.28. The van der Waals surface area contributed by atoms with Crippen LogP contribution in [0.3, 0.4) is 0 Å². The van der Waals surface area contributed by atoms with Gasteiger partial charge in [0.05, 0.1) is 12.0 Å². The molecule has 1 aromatic rings. The van der Waals surface area contributed by atoms with E-state index in [4.69, 9.17) is 0 Å². The topological polar surface area (TPSA) is 27.0 Å². The molecular formula is C15H22N2. The summed E-state index contributed by atoms with van der Waals surface area (Å²) in [5.41, 5.74) is 2.46. The number of nitriles is 1. The molecule has 2 heteroatoms. The average molecular weight is 230 g/mol. The molecule has 0 spiro atoms. The SMILES string of the molecule is CCc1ccc(C(C#N)CN(CC)CC)cc1. The van der Waals surface area contributed by atoms with Crippen molar-refractivity contribution in [1.29, 1.82) is 5.26 Å².